The first-order valence-corrected chi connectivity index (χ1v) is 9.17. The zero-order valence-corrected chi connectivity index (χ0v) is 15.2. The molecule has 0 radical (unpaired) electrons. The van der Waals surface area contributed by atoms with E-state index in [4.69, 9.17) is 9.47 Å². The molecule has 3 aliphatic rings. The van der Waals surface area contributed by atoms with Crippen molar-refractivity contribution < 1.29 is 29.9 Å². The Morgan fingerprint density at radius 3 is 2.64 bits per heavy atom. The lowest BCUT2D eigenvalue weighted by Gasteiger charge is -2.46. The Balaban J connectivity index is 1.86. The Morgan fingerprint density at radius 2 is 2.00 bits per heavy atom. The maximum absolute atomic E-state index is 10.7. The standard InChI is InChI=1S/C19H30O6/c1-4-6-11(21)7-5-8-12-13(10-20)16-19(17(25-19)15(12)23)9-14(22)18(2,3)24-16/h5,8,11,14-17,20-23H,4,6-7,9-10H2,1-3H3/t11-,14-,15-,16-,17-,19+/m1/s1. The predicted molar refractivity (Wildman–Crippen MR) is 92.0 cm³/mol. The van der Waals surface area contributed by atoms with Gasteiger partial charge in [-0.2, -0.15) is 0 Å². The smallest absolute Gasteiger partial charge is 0.130 e. The van der Waals surface area contributed by atoms with Crippen LogP contribution >= 0.6 is 0 Å². The fourth-order valence-corrected chi connectivity index (χ4v) is 4.10. The van der Waals surface area contributed by atoms with E-state index in [1.54, 1.807) is 6.08 Å². The van der Waals surface area contributed by atoms with Crippen molar-refractivity contribution in [2.45, 2.75) is 88.2 Å². The summed E-state index contributed by atoms with van der Waals surface area (Å²) in [4.78, 5) is 0. The van der Waals surface area contributed by atoms with Crippen LogP contribution in [0.25, 0.3) is 0 Å². The van der Waals surface area contributed by atoms with Gasteiger partial charge in [-0.15, -0.1) is 0 Å². The second kappa shape index (κ2) is 6.76. The SMILES string of the molecule is CCC[C@@H](O)CC=CC1=C(CO)[C@H]2OC(C)(C)[C@H](O)C[C@]23O[C@@H]3[C@@H]1O. The van der Waals surface area contributed by atoms with Crippen LogP contribution in [0.15, 0.2) is 23.3 Å². The van der Waals surface area contributed by atoms with E-state index in [0.717, 1.165) is 12.8 Å². The summed E-state index contributed by atoms with van der Waals surface area (Å²) < 4.78 is 11.9. The van der Waals surface area contributed by atoms with Crippen LogP contribution in [-0.2, 0) is 9.47 Å². The number of rotatable bonds is 6. The van der Waals surface area contributed by atoms with Crippen molar-refractivity contribution in [2.24, 2.45) is 0 Å². The normalized spacial score (nSPS) is 40.8. The number of ether oxygens (including phenoxy) is 2. The molecule has 2 heterocycles. The minimum Gasteiger partial charge on any atom is -0.393 e. The maximum atomic E-state index is 10.7. The quantitative estimate of drug-likeness (QED) is 0.527. The third-order valence-corrected chi connectivity index (χ3v) is 5.74. The molecule has 6 atom stereocenters. The van der Waals surface area contributed by atoms with Gasteiger partial charge in [0.05, 0.1) is 24.4 Å². The zero-order valence-electron chi connectivity index (χ0n) is 15.2. The molecule has 1 aliphatic carbocycles. The Bertz CT molecular complexity index is 568. The summed E-state index contributed by atoms with van der Waals surface area (Å²) >= 11 is 0. The van der Waals surface area contributed by atoms with Gasteiger partial charge in [-0.3, -0.25) is 0 Å². The van der Waals surface area contributed by atoms with Crippen LogP contribution in [0.1, 0.15) is 46.5 Å². The van der Waals surface area contributed by atoms with Crippen LogP contribution in [0.4, 0.5) is 0 Å². The van der Waals surface area contributed by atoms with E-state index in [1.807, 2.05) is 26.8 Å². The lowest BCUT2D eigenvalue weighted by Crippen LogP contribution is -2.59. The molecule has 0 saturated carbocycles. The summed E-state index contributed by atoms with van der Waals surface area (Å²) in [5, 5.41) is 40.8. The molecule has 0 aromatic rings. The summed E-state index contributed by atoms with van der Waals surface area (Å²) in [7, 11) is 0. The van der Waals surface area contributed by atoms with Crippen molar-refractivity contribution in [1.82, 2.24) is 0 Å². The molecule has 0 aromatic carbocycles. The van der Waals surface area contributed by atoms with E-state index < -0.39 is 41.7 Å². The maximum Gasteiger partial charge on any atom is 0.130 e. The highest BCUT2D eigenvalue weighted by Gasteiger charge is 2.72. The third-order valence-electron chi connectivity index (χ3n) is 5.74. The van der Waals surface area contributed by atoms with Crippen molar-refractivity contribution in [2.75, 3.05) is 6.61 Å². The number of aliphatic hydroxyl groups is 4. The Hall–Kier alpha value is -0.760. The fourth-order valence-electron chi connectivity index (χ4n) is 4.10. The van der Waals surface area contributed by atoms with Crippen molar-refractivity contribution in [3.8, 4) is 0 Å². The van der Waals surface area contributed by atoms with Gasteiger partial charge >= 0.3 is 0 Å². The molecular formula is C19H30O6. The average Bonchev–Trinajstić information content (AvgIpc) is 3.26. The van der Waals surface area contributed by atoms with Gasteiger partial charge in [0.2, 0.25) is 0 Å². The highest BCUT2D eigenvalue weighted by atomic mass is 16.7. The van der Waals surface area contributed by atoms with Crippen molar-refractivity contribution in [1.29, 1.82) is 0 Å². The van der Waals surface area contributed by atoms with Crippen LogP contribution in [0, 0.1) is 0 Å². The molecule has 4 N–H and O–H groups in total. The van der Waals surface area contributed by atoms with Gasteiger partial charge in [-0.05, 0) is 37.8 Å². The molecule has 6 nitrogen and oxygen atoms in total. The van der Waals surface area contributed by atoms with E-state index in [1.165, 1.54) is 0 Å². The van der Waals surface area contributed by atoms with E-state index in [0.29, 0.717) is 24.0 Å². The lowest BCUT2D eigenvalue weighted by molar-refractivity contribution is -0.190. The molecule has 3 rings (SSSR count). The van der Waals surface area contributed by atoms with Crippen LogP contribution in [0.3, 0.4) is 0 Å². The van der Waals surface area contributed by atoms with Crippen LogP contribution in [0.2, 0.25) is 0 Å². The van der Waals surface area contributed by atoms with E-state index in [2.05, 4.69) is 0 Å². The molecule has 0 bridgehead atoms. The van der Waals surface area contributed by atoms with Crippen LogP contribution in [-0.4, -0.2) is 68.8 Å². The molecule has 6 heteroatoms. The van der Waals surface area contributed by atoms with Gasteiger partial charge in [0, 0.05) is 6.42 Å². The van der Waals surface area contributed by atoms with E-state index in [9.17, 15) is 20.4 Å². The molecule has 0 aromatic heterocycles. The van der Waals surface area contributed by atoms with Gasteiger partial charge in [0.15, 0.2) is 0 Å². The second-order valence-electron chi connectivity index (χ2n) is 7.98. The van der Waals surface area contributed by atoms with Crippen molar-refractivity contribution in [3.63, 3.8) is 0 Å². The second-order valence-corrected chi connectivity index (χ2v) is 7.98. The Morgan fingerprint density at radius 1 is 1.28 bits per heavy atom. The van der Waals surface area contributed by atoms with E-state index >= 15 is 0 Å². The monoisotopic (exact) mass is 354 g/mol. The molecule has 2 saturated heterocycles. The first-order valence-electron chi connectivity index (χ1n) is 9.17. The summed E-state index contributed by atoms with van der Waals surface area (Å²) in [6, 6.07) is 0. The number of aliphatic hydroxyl groups excluding tert-OH is 4. The highest BCUT2D eigenvalue weighted by molar-refractivity contribution is 5.44. The molecule has 25 heavy (non-hydrogen) atoms. The summed E-state index contributed by atoms with van der Waals surface area (Å²) in [6.07, 6.45) is 3.22. The molecule has 142 valence electrons. The first kappa shape index (κ1) is 19.0. The molecule has 0 unspecified atom stereocenters. The molecule has 2 aliphatic heterocycles. The predicted octanol–water partition coefficient (Wildman–Crippen LogP) is 0.823. The third kappa shape index (κ3) is 3.20. The molecule has 2 fully saturated rings. The largest absolute Gasteiger partial charge is 0.393 e. The molecule has 0 amide bonds. The first-order chi connectivity index (χ1) is 11.8. The average molecular weight is 354 g/mol. The number of hydrogen-bond donors (Lipinski definition) is 4. The van der Waals surface area contributed by atoms with Gasteiger partial charge in [0.1, 0.15) is 23.9 Å². The highest BCUT2D eigenvalue weighted by Crippen LogP contribution is 2.57. The van der Waals surface area contributed by atoms with Crippen LogP contribution < -0.4 is 0 Å². The lowest BCUT2D eigenvalue weighted by atomic mass is 9.73. The molecule has 1 spiro atoms. The Labute approximate surface area is 148 Å². The summed E-state index contributed by atoms with van der Waals surface area (Å²) in [5.41, 5.74) is -0.295. The molecular weight excluding hydrogens is 324 g/mol. The minimum atomic E-state index is -0.866. The summed E-state index contributed by atoms with van der Waals surface area (Å²) in [5.74, 6) is 0. The zero-order chi connectivity index (χ0) is 18.4. The minimum absolute atomic E-state index is 0.247. The summed E-state index contributed by atoms with van der Waals surface area (Å²) in [6.45, 7) is 5.41. The van der Waals surface area contributed by atoms with Gasteiger partial charge in [-0.25, -0.2) is 0 Å². The van der Waals surface area contributed by atoms with Gasteiger partial charge in [-0.1, -0.05) is 25.5 Å². The Kier molecular flexibility index (Phi) is 5.14. The number of hydrogen-bond acceptors (Lipinski definition) is 6. The topological polar surface area (TPSA) is 103 Å². The van der Waals surface area contributed by atoms with Gasteiger partial charge in [0.25, 0.3) is 0 Å². The van der Waals surface area contributed by atoms with Crippen molar-refractivity contribution in [3.05, 3.63) is 23.3 Å². The van der Waals surface area contributed by atoms with Gasteiger partial charge < -0.3 is 29.9 Å². The van der Waals surface area contributed by atoms with E-state index in [-0.39, 0.29) is 6.61 Å². The number of epoxide rings is 1. The van der Waals surface area contributed by atoms with Crippen LogP contribution in [0.5, 0.6) is 0 Å². The van der Waals surface area contributed by atoms with Crippen molar-refractivity contribution >= 4 is 0 Å². The fraction of sp³-hybridized carbons (Fsp3) is 0.789.